The Bertz CT molecular complexity index is 2740. The first-order chi connectivity index (χ1) is 31.6. The Labute approximate surface area is 372 Å². The molecule has 3 amide bonds. The van der Waals surface area contributed by atoms with Gasteiger partial charge < -0.3 is 19.7 Å². The van der Waals surface area contributed by atoms with Crippen molar-refractivity contribution in [1.82, 2.24) is 44.4 Å². The lowest BCUT2D eigenvalue weighted by Crippen LogP contribution is -2.47. The fourth-order valence-electron chi connectivity index (χ4n) is 10.2. The number of para-hydroxylation sites is 1. The number of hydrogen-bond donors (Lipinski definition) is 2. The minimum Gasteiger partial charge on any atom is -0.374 e. The van der Waals surface area contributed by atoms with Crippen LogP contribution in [-0.2, 0) is 25.6 Å². The number of imide groups is 1. The number of alkyl halides is 3. The van der Waals surface area contributed by atoms with Gasteiger partial charge in [-0.25, -0.2) is 22.7 Å². The molecule has 16 nitrogen and oxygen atoms in total. The number of benzene rings is 1. The Hall–Kier alpha value is -6.28. The second kappa shape index (κ2) is 17.9. The number of anilines is 2. The molecule has 10 rings (SSSR count). The molecule has 1 aromatic carbocycles. The average molecular weight is 892 g/mol. The second-order valence-electron chi connectivity index (χ2n) is 17.6. The zero-order valence-corrected chi connectivity index (χ0v) is 35.5. The summed E-state index contributed by atoms with van der Waals surface area (Å²) in [4.78, 5) is 47.0. The van der Waals surface area contributed by atoms with Gasteiger partial charge in [0.25, 0.3) is 12.3 Å². The molecule has 2 N–H and O–H groups in total. The number of amides is 3. The molecule has 1 aliphatic carbocycles. The Morgan fingerprint density at radius 2 is 1.94 bits per heavy atom. The van der Waals surface area contributed by atoms with Crippen molar-refractivity contribution in [2.24, 2.45) is 5.92 Å². The molecule has 5 atom stereocenters. The van der Waals surface area contributed by atoms with Crippen molar-refractivity contribution in [2.45, 2.75) is 101 Å². The van der Waals surface area contributed by atoms with Gasteiger partial charge in [0.1, 0.15) is 30.7 Å². The van der Waals surface area contributed by atoms with Crippen LogP contribution in [0, 0.1) is 30.1 Å². The molecule has 5 aromatic rings. The summed E-state index contributed by atoms with van der Waals surface area (Å²) in [7, 11) is 0. The predicted octanol–water partition coefficient (Wildman–Crippen LogP) is 4.81. The molecule has 5 fully saturated rings. The number of nitrogens with one attached hydrogen (secondary N) is 2. The highest BCUT2D eigenvalue weighted by molar-refractivity contribution is 6.08. The minimum atomic E-state index is -2.90. The van der Waals surface area contributed by atoms with Gasteiger partial charge in [0, 0.05) is 50.4 Å². The third-order valence-corrected chi connectivity index (χ3v) is 13.5. The van der Waals surface area contributed by atoms with E-state index in [0.29, 0.717) is 73.0 Å². The van der Waals surface area contributed by atoms with Crippen LogP contribution in [0.4, 0.5) is 24.7 Å². The zero-order chi connectivity index (χ0) is 44.8. The molecule has 4 aliphatic heterocycles. The van der Waals surface area contributed by atoms with Crippen molar-refractivity contribution in [2.75, 3.05) is 49.6 Å². The van der Waals surface area contributed by atoms with Gasteiger partial charge >= 0.3 is 0 Å². The molecule has 4 saturated heterocycles. The Morgan fingerprint density at radius 3 is 2.69 bits per heavy atom. The summed E-state index contributed by atoms with van der Waals surface area (Å²) in [5.41, 5.74) is 1.84. The molecule has 8 heterocycles. The molecular weight excluding hydrogens is 844 g/mol. The van der Waals surface area contributed by atoms with E-state index in [-0.39, 0.29) is 67.4 Å². The lowest BCUT2D eigenvalue weighted by Gasteiger charge is -2.38. The summed E-state index contributed by atoms with van der Waals surface area (Å²) in [5, 5.41) is 19.0. The van der Waals surface area contributed by atoms with Crippen LogP contribution in [0.5, 0.6) is 0 Å². The summed E-state index contributed by atoms with van der Waals surface area (Å²) < 4.78 is 60.5. The summed E-state index contributed by atoms with van der Waals surface area (Å²) >= 11 is 0. The maximum absolute atomic E-state index is 15.5. The quantitative estimate of drug-likeness (QED) is 0.138. The Morgan fingerprint density at radius 1 is 1.08 bits per heavy atom. The third-order valence-electron chi connectivity index (χ3n) is 13.5. The molecule has 338 valence electrons. The van der Waals surface area contributed by atoms with Gasteiger partial charge in [0.05, 0.1) is 65.5 Å². The van der Waals surface area contributed by atoms with Gasteiger partial charge in [-0.2, -0.15) is 15.3 Å². The maximum atomic E-state index is 15.5. The van der Waals surface area contributed by atoms with Crippen molar-refractivity contribution in [3.05, 3.63) is 65.4 Å². The number of ether oxygens (including phenoxy) is 2. The van der Waals surface area contributed by atoms with E-state index in [1.54, 1.807) is 15.6 Å². The molecule has 4 aromatic heterocycles. The average Bonchev–Trinajstić information content (AvgIpc) is 4.16. The van der Waals surface area contributed by atoms with Crippen molar-refractivity contribution in [1.29, 1.82) is 0 Å². The number of aromatic nitrogens is 7. The highest BCUT2D eigenvalue weighted by atomic mass is 19.3. The number of rotatable bonds is 11. The van der Waals surface area contributed by atoms with E-state index in [0.717, 1.165) is 37.7 Å². The van der Waals surface area contributed by atoms with E-state index in [1.165, 1.54) is 16.9 Å². The van der Waals surface area contributed by atoms with Crippen LogP contribution in [0.2, 0.25) is 0 Å². The number of hydrogen-bond acceptors (Lipinski definition) is 11. The first kappa shape index (κ1) is 42.7. The molecule has 19 heteroatoms. The number of fused-ring (bicyclic) bond motifs is 4. The van der Waals surface area contributed by atoms with Crippen LogP contribution in [0.3, 0.4) is 0 Å². The lowest BCUT2D eigenvalue weighted by molar-refractivity contribution is -0.134. The van der Waals surface area contributed by atoms with Crippen LogP contribution < -0.4 is 15.5 Å². The number of nitrogens with zero attached hydrogens (tertiary/aromatic N) is 9. The Balaban J connectivity index is 0.713. The molecule has 65 heavy (non-hydrogen) atoms. The van der Waals surface area contributed by atoms with Gasteiger partial charge in [-0.05, 0) is 63.0 Å². The first-order valence-corrected chi connectivity index (χ1v) is 22.2. The molecular formula is C46H48F3N11O5. The number of piperidine rings is 2. The molecule has 0 spiro atoms. The largest absolute Gasteiger partial charge is 0.374 e. The van der Waals surface area contributed by atoms with E-state index in [1.807, 2.05) is 24.3 Å². The molecule has 1 unspecified atom stereocenters. The van der Waals surface area contributed by atoms with Crippen LogP contribution in [-0.4, -0.2) is 121 Å². The first-order valence-electron chi connectivity index (χ1n) is 22.2. The predicted molar refractivity (Wildman–Crippen MR) is 231 cm³/mol. The highest BCUT2D eigenvalue weighted by Crippen LogP contribution is 2.37. The number of terminal acetylenes is 1. The summed E-state index contributed by atoms with van der Waals surface area (Å²) in [5.74, 6) is 7.91. The maximum Gasteiger partial charge on any atom is 0.284 e. The molecule has 2 bridgehead atoms. The van der Waals surface area contributed by atoms with Crippen molar-refractivity contribution < 1.29 is 37.0 Å². The lowest BCUT2D eigenvalue weighted by atomic mass is 9.85. The van der Waals surface area contributed by atoms with E-state index < -0.39 is 36.2 Å². The van der Waals surface area contributed by atoms with Crippen molar-refractivity contribution in [3.8, 4) is 24.2 Å². The number of carbonyl (C=O) groups is 3. The number of carbonyl (C=O) groups excluding carboxylic acids is 3. The van der Waals surface area contributed by atoms with Gasteiger partial charge in [-0.15, -0.1) is 6.42 Å². The minimum absolute atomic E-state index is 0.0234. The van der Waals surface area contributed by atoms with E-state index in [2.05, 4.69) is 53.5 Å². The van der Waals surface area contributed by atoms with Gasteiger partial charge in [-0.3, -0.25) is 34.0 Å². The van der Waals surface area contributed by atoms with Crippen molar-refractivity contribution in [3.63, 3.8) is 0 Å². The summed E-state index contributed by atoms with van der Waals surface area (Å²) in [6, 6.07) is 7.47. The fraction of sp³-hybridized carbons (Fsp3) is 0.500. The number of halogens is 3. The number of morpholine rings is 1. The zero-order valence-electron chi connectivity index (χ0n) is 35.5. The van der Waals surface area contributed by atoms with Crippen LogP contribution in [0.1, 0.15) is 97.1 Å². The topological polar surface area (TPSA) is 166 Å². The normalized spacial score (nSPS) is 25.8. The standard InChI is InChI=1S/C46H48F3N11O5/c1-2-16-58-42-28(5-3-7-32(42)40(54-58)33-12-13-39(61)53-45(33)62)6-4-19-64-37-14-17-56(24-35(37)47)22-27-8-10-29(11-9-27)60-25-36(41(55-60)43(48)49)51-46(63)34-21-50-59-18-15-38(52-44(34)59)57-23-31-20-30(57)26-65-31/h1,3,5,7,15,18,21,25,27,29-31,33,35,37,43H,8-14,16-17,19-20,22-24,26H2,(H,51,63)(H,53,61,62)/t27?,29?,30-,31-,33?,35-,37+/m1/s1. The summed E-state index contributed by atoms with van der Waals surface area (Å²) in [6.45, 7) is 3.17. The fourth-order valence-corrected chi connectivity index (χ4v) is 10.2. The highest BCUT2D eigenvalue weighted by Gasteiger charge is 2.40. The summed E-state index contributed by atoms with van der Waals surface area (Å²) in [6.07, 6.45) is 10.8. The third kappa shape index (κ3) is 8.56. The smallest absolute Gasteiger partial charge is 0.284 e. The monoisotopic (exact) mass is 891 g/mol. The molecule has 1 saturated carbocycles. The van der Waals surface area contributed by atoms with Crippen LogP contribution >= 0.6 is 0 Å². The van der Waals surface area contributed by atoms with Gasteiger partial charge in [-0.1, -0.05) is 29.9 Å². The van der Waals surface area contributed by atoms with Crippen LogP contribution in [0.15, 0.2) is 42.9 Å². The van der Waals surface area contributed by atoms with Gasteiger partial charge in [0.2, 0.25) is 11.8 Å². The second-order valence-corrected chi connectivity index (χ2v) is 17.6. The number of likely N-dealkylation sites (tertiary alicyclic amines) is 1. The van der Waals surface area contributed by atoms with E-state index in [4.69, 9.17) is 20.9 Å². The van der Waals surface area contributed by atoms with Crippen LogP contribution in [0.25, 0.3) is 16.6 Å². The van der Waals surface area contributed by atoms with Crippen molar-refractivity contribution >= 4 is 45.8 Å². The van der Waals surface area contributed by atoms with E-state index >= 15 is 4.39 Å². The molecule has 0 radical (unpaired) electrons. The van der Waals surface area contributed by atoms with E-state index in [9.17, 15) is 23.2 Å². The SMILES string of the molecule is C#CCn1nc(C2CCC(=O)NC2=O)c2cccc(C#CCO[C@H]3CCN(CC4CCC(n5cc(NC(=O)c6cnn7ccc(N8C[C@H]9C[C@@H]8CO9)nc67)c(C(F)F)n5)CC4)C[C@H]3F)c21. The Kier molecular flexibility index (Phi) is 11.8. The van der Waals surface area contributed by atoms with Gasteiger partial charge in [0.15, 0.2) is 11.3 Å². The molecule has 5 aliphatic rings.